The summed E-state index contributed by atoms with van der Waals surface area (Å²) in [5, 5.41) is 3.49. The Balaban J connectivity index is 0.000000332. The number of allylic oxidation sites excluding steroid dienone is 1. The van der Waals surface area contributed by atoms with E-state index in [2.05, 4.69) is 66.4 Å². The minimum Gasteiger partial charge on any atom is -0.442 e. The van der Waals surface area contributed by atoms with Crippen LogP contribution in [0.1, 0.15) is 59.6 Å². The van der Waals surface area contributed by atoms with Gasteiger partial charge >= 0.3 is 0 Å². The molecule has 51 heavy (non-hydrogen) atoms. The Morgan fingerprint density at radius 2 is 0.902 bits per heavy atom. The van der Waals surface area contributed by atoms with Gasteiger partial charge in [-0.3, -0.25) is 29.5 Å². The molecule has 0 bridgehead atoms. The third kappa shape index (κ3) is 12.0. The summed E-state index contributed by atoms with van der Waals surface area (Å²) in [4.78, 5) is 70.3. The van der Waals surface area contributed by atoms with Crippen molar-refractivity contribution in [1.29, 1.82) is 0 Å². The van der Waals surface area contributed by atoms with E-state index in [1.54, 1.807) is 36.9 Å². The zero-order chi connectivity index (χ0) is 33.3. The van der Waals surface area contributed by atoms with E-state index in [9.17, 15) is 9.59 Å². The van der Waals surface area contributed by atoms with Crippen LogP contribution in [0.25, 0.3) is 49.7 Å². The van der Waals surface area contributed by atoms with E-state index in [0.717, 1.165) is 49.8 Å². The Morgan fingerprint density at radius 1 is 0.549 bits per heavy atom. The molecule has 248 valence electrons. The quantitative estimate of drug-likeness (QED) is 0.224. The molecule has 0 aliphatic carbocycles. The number of aryl methyl sites for hydroxylation is 1. The molecule has 0 amide bonds. The number of carbonyl (C=O) groups is 2. The Labute approximate surface area is 393 Å². The summed E-state index contributed by atoms with van der Waals surface area (Å²) in [6.07, 6.45) is 12.9. The molecule has 0 spiro atoms. The van der Waals surface area contributed by atoms with Crippen LogP contribution in [-0.4, -0.2) is 51.4 Å². The first-order valence-corrected chi connectivity index (χ1v) is 14.3. The maximum Gasteiger partial charge on any atom is 0.181 e. The Morgan fingerprint density at radius 3 is 1.31 bits per heavy atom. The molecule has 8 aromatic rings. The number of fused-ring (bicyclic) bond motifs is 4. The predicted octanol–water partition coefficient (Wildman–Crippen LogP) is 4.47. The normalized spacial score (nSPS) is 9.65. The number of nitrogens with zero attached hydrogens (tertiary/aromatic N) is 12. The van der Waals surface area contributed by atoms with E-state index in [-0.39, 0.29) is 142 Å². The maximum absolute atomic E-state index is 11.4. The predicted molar refractivity (Wildman–Crippen MR) is 176 cm³/mol. The van der Waals surface area contributed by atoms with E-state index in [1.807, 2.05) is 32.9 Å². The minimum absolute atomic E-state index is 0. The standard InChI is InChI=1S/C9H9N3O.C9H8N3.C8H7N3O.C7H6N3.4Y/c1-2-7(13)8-6-3-4-10-9(6)12-5-11-8;1-6(2)8-7-3-4-10-9(7)12-5-11-8;1-5(12)7-6-2-3-9-8(6)11-4-10-7;1-5-6-2-3-8-7(6)10-4-9-5;;;;/h3-5H,2H2,1H3,(H,10,11,12,13);3-5H,1H2,2H3;2-4H,1H3,(H,9,10,11,12);2-4H,1H3;;;;/q;-1;;-1;;;;/p-2. The number of Topliss-reactive ketones (excluding diaryl/α,β-unsaturated/α-hetero) is 2. The number of rotatable bonds is 4. The van der Waals surface area contributed by atoms with E-state index >= 15 is 0 Å². The SMILES string of the molecule is C=C(C)c1ncnc2[n-]ccc12.CC(=O)c1ncnc2[n-]ccc12.CCC(=O)c1ncnc2[n-]ccc12.Cc1ncnc2[n-]ccc12.[Y].[Y].[Y].[Y]. The van der Waals surface area contributed by atoms with Gasteiger partial charge < -0.3 is 39.9 Å². The molecule has 8 aromatic heterocycles. The van der Waals surface area contributed by atoms with Gasteiger partial charge in [-0.15, -0.1) is 0 Å². The van der Waals surface area contributed by atoms with Gasteiger partial charge in [-0.05, 0) is 52.8 Å². The largest absolute Gasteiger partial charge is 0.442 e. The molecule has 0 saturated heterocycles. The molecule has 0 saturated carbocycles. The summed E-state index contributed by atoms with van der Waals surface area (Å²) in [7, 11) is 0. The molecule has 0 fully saturated rings. The van der Waals surface area contributed by atoms with E-state index in [4.69, 9.17) is 0 Å². The first kappa shape index (κ1) is 47.0. The van der Waals surface area contributed by atoms with Crippen LogP contribution in [0.3, 0.4) is 0 Å². The molecule has 0 atom stereocenters. The second-order valence-corrected chi connectivity index (χ2v) is 9.97. The van der Waals surface area contributed by atoms with Crippen LogP contribution in [0.2, 0.25) is 0 Å². The summed E-state index contributed by atoms with van der Waals surface area (Å²) in [5.74, 6) is -0.0317. The first-order valence-electron chi connectivity index (χ1n) is 14.3. The van der Waals surface area contributed by atoms with Gasteiger partial charge in [0, 0.05) is 186 Å². The minimum atomic E-state index is -0.0598. The van der Waals surface area contributed by atoms with Crippen LogP contribution in [-0.2, 0) is 131 Å². The molecule has 18 heteroatoms. The Kier molecular flexibility index (Phi) is 21.1. The van der Waals surface area contributed by atoms with Gasteiger partial charge in [0.15, 0.2) is 11.6 Å². The van der Waals surface area contributed by atoms with Gasteiger partial charge in [-0.2, -0.15) is 0 Å². The fourth-order valence-corrected chi connectivity index (χ4v) is 4.44. The van der Waals surface area contributed by atoms with Gasteiger partial charge in [0.25, 0.3) is 0 Å². The van der Waals surface area contributed by atoms with Crippen LogP contribution in [0.5, 0.6) is 0 Å². The second kappa shape index (κ2) is 22.9. The smallest absolute Gasteiger partial charge is 0.181 e. The van der Waals surface area contributed by atoms with Crippen LogP contribution < -0.4 is 19.9 Å². The fourth-order valence-electron chi connectivity index (χ4n) is 4.44. The van der Waals surface area contributed by atoms with Crippen molar-refractivity contribution in [1.82, 2.24) is 59.8 Å². The number of carbonyl (C=O) groups excluding carboxylic acids is 2. The number of ketones is 2. The molecular formula is C33H28N12O2Y4-4. The average molecular weight is 980 g/mol. The average Bonchev–Trinajstić information content (AvgIpc) is 3.91. The van der Waals surface area contributed by atoms with Gasteiger partial charge in [0.1, 0.15) is 11.4 Å². The first-order chi connectivity index (χ1) is 22.8. The van der Waals surface area contributed by atoms with Crippen LogP contribution in [0, 0.1) is 6.92 Å². The van der Waals surface area contributed by atoms with Crippen LogP contribution in [0.4, 0.5) is 0 Å². The monoisotopic (exact) mass is 980 g/mol. The molecule has 0 unspecified atom stereocenters. The van der Waals surface area contributed by atoms with Crippen LogP contribution in [0.15, 0.2) is 80.9 Å². The van der Waals surface area contributed by atoms with Crippen molar-refractivity contribution in [2.45, 2.75) is 34.1 Å². The summed E-state index contributed by atoms with van der Waals surface area (Å²) in [6.45, 7) is 11.0. The summed E-state index contributed by atoms with van der Waals surface area (Å²) >= 11 is 0. The van der Waals surface area contributed by atoms with Crippen molar-refractivity contribution in [2.24, 2.45) is 0 Å². The molecule has 4 radical (unpaired) electrons. The zero-order valence-electron chi connectivity index (χ0n) is 28.3. The van der Waals surface area contributed by atoms with Crippen molar-refractivity contribution in [3.8, 4) is 0 Å². The molecule has 0 aromatic carbocycles. The summed E-state index contributed by atoms with van der Waals surface area (Å²) < 4.78 is 0. The van der Waals surface area contributed by atoms with Crippen molar-refractivity contribution < 1.29 is 140 Å². The van der Waals surface area contributed by atoms with E-state index in [1.165, 1.54) is 32.2 Å². The molecular weight excluding hydrogens is 952 g/mol. The van der Waals surface area contributed by atoms with Crippen molar-refractivity contribution >= 4 is 61.3 Å². The Hall–Kier alpha value is -2.02. The third-order valence-electron chi connectivity index (χ3n) is 6.73. The van der Waals surface area contributed by atoms with Gasteiger partial charge in [0.2, 0.25) is 0 Å². The van der Waals surface area contributed by atoms with E-state index in [0.29, 0.717) is 29.1 Å². The van der Waals surface area contributed by atoms with Crippen molar-refractivity contribution in [2.75, 3.05) is 0 Å². The van der Waals surface area contributed by atoms with Gasteiger partial charge in [-0.25, -0.2) is 0 Å². The van der Waals surface area contributed by atoms with Crippen molar-refractivity contribution in [3.05, 3.63) is 104 Å². The maximum atomic E-state index is 11.4. The number of aromatic nitrogens is 12. The van der Waals surface area contributed by atoms with Gasteiger partial charge in [0.05, 0.1) is 5.69 Å². The Bertz CT molecular complexity index is 2250. The third-order valence-corrected chi connectivity index (χ3v) is 6.73. The van der Waals surface area contributed by atoms with E-state index < -0.39 is 0 Å². The zero-order valence-corrected chi connectivity index (χ0v) is 39.7. The number of hydrogen-bond donors (Lipinski definition) is 0. The number of hydrogen-bond acceptors (Lipinski definition) is 10. The fraction of sp³-hybridized carbons (Fsp3) is 0.152. The second-order valence-electron chi connectivity index (χ2n) is 9.97. The molecule has 8 heterocycles. The molecule has 14 nitrogen and oxygen atoms in total. The molecule has 0 N–H and O–H groups in total. The molecule has 8 rings (SSSR count). The van der Waals surface area contributed by atoms with Gasteiger partial charge in [-0.1, -0.05) is 62.6 Å². The topological polar surface area (TPSA) is 194 Å². The molecule has 0 aliphatic rings. The molecule has 0 aliphatic heterocycles. The van der Waals surface area contributed by atoms with Crippen molar-refractivity contribution in [3.63, 3.8) is 0 Å². The van der Waals surface area contributed by atoms with Crippen LogP contribution >= 0.6 is 0 Å². The summed E-state index contributed by atoms with van der Waals surface area (Å²) in [5.41, 5.74) is 6.43. The summed E-state index contributed by atoms with van der Waals surface area (Å²) in [6, 6.07) is 7.33.